The van der Waals surface area contributed by atoms with Crippen molar-refractivity contribution >= 4 is 15.9 Å². The van der Waals surface area contributed by atoms with E-state index in [1.54, 1.807) is 32.4 Å². The highest BCUT2D eigenvalue weighted by atomic mass is 79.9. The Morgan fingerprint density at radius 1 is 0.950 bits per heavy atom. The van der Waals surface area contributed by atoms with Crippen LogP contribution in [0.5, 0.6) is 11.5 Å². The lowest BCUT2D eigenvalue weighted by Crippen LogP contribution is -1.99. The molecule has 0 aliphatic carbocycles. The van der Waals surface area contributed by atoms with Crippen molar-refractivity contribution in [3.8, 4) is 11.5 Å². The topological polar surface area (TPSA) is 18.5 Å². The lowest BCUT2D eigenvalue weighted by Gasteiger charge is -2.14. The molecule has 106 valence electrons. The van der Waals surface area contributed by atoms with E-state index in [9.17, 15) is 8.78 Å². The second-order valence-electron chi connectivity index (χ2n) is 4.17. The maximum Gasteiger partial charge on any atom is 0.130 e. The van der Waals surface area contributed by atoms with E-state index in [2.05, 4.69) is 15.9 Å². The van der Waals surface area contributed by atoms with Crippen molar-refractivity contribution in [2.75, 3.05) is 14.2 Å². The van der Waals surface area contributed by atoms with Crippen LogP contribution in [0.3, 0.4) is 0 Å². The lowest BCUT2D eigenvalue weighted by molar-refractivity contribution is 0.393. The number of benzene rings is 2. The second-order valence-corrected chi connectivity index (χ2v) is 5.09. The van der Waals surface area contributed by atoms with Gasteiger partial charge in [-0.15, -0.1) is 0 Å². The Morgan fingerprint density at radius 3 is 2.05 bits per heavy atom. The van der Waals surface area contributed by atoms with E-state index in [0.717, 1.165) is 11.6 Å². The van der Waals surface area contributed by atoms with Crippen LogP contribution in [-0.4, -0.2) is 14.2 Å². The van der Waals surface area contributed by atoms with Crippen LogP contribution in [0.15, 0.2) is 36.4 Å². The Balaban J connectivity index is 2.44. The summed E-state index contributed by atoms with van der Waals surface area (Å²) in [6.07, 6.45) is 0. The molecule has 2 aromatic carbocycles. The van der Waals surface area contributed by atoms with E-state index in [1.165, 1.54) is 12.1 Å². The van der Waals surface area contributed by atoms with Gasteiger partial charge in [-0.2, -0.15) is 0 Å². The van der Waals surface area contributed by atoms with E-state index in [4.69, 9.17) is 9.47 Å². The van der Waals surface area contributed by atoms with Crippen LogP contribution in [0.2, 0.25) is 0 Å². The van der Waals surface area contributed by atoms with Crippen molar-refractivity contribution in [3.63, 3.8) is 0 Å². The normalized spacial score (nSPS) is 12.1. The molecule has 0 aliphatic rings. The van der Waals surface area contributed by atoms with Gasteiger partial charge in [-0.1, -0.05) is 22.0 Å². The molecule has 2 rings (SSSR count). The average molecular weight is 343 g/mol. The van der Waals surface area contributed by atoms with Gasteiger partial charge in [0.05, 0.1) is 19.0 Å². The van der Waals surface area contributed by atoms with Gasteiger partial charge in [0.25, 0.3) is 0 Å². The van der Waals surface area contributed by atoms with Gasteiger partial charge in [0.1, 0.15) is 23.1 Å². The molecule has 0 spiro atoms. The smallest absolute Gasteiger partial charge is 0.130 e. The zero-order valence-electron chi connectivity index (χ0n) is 11.0. The molecule has 0 aliphatic heterocycles. The minimum Gasteiger partial charge on any atom is -0.497 e. The van der Waals surface area contributed by atoms with E-state index < -0.39 is 16.5 Å². The van der Waals surface area contributed by atoms with Crippen molar-refractivity contribution < 1.29 is 18.3 Å². The highest BCUT2D eigenvalue weighted by molar-refractivity contribution is 9.09. The van der Waals surface area contributed by atoms with Crippen molar-refractivity contribution in [3.05, 3.63) is 59.2 Å². The van der Waals surface area contributed by atoms with Gasteiger partial charge in [-0.05, 0) is 23.8 Å². The van der Waals surface area contributed by atoms with E-state index in [1.807, 2.05) is 0 Å². The Bertz CT molecular complexity index is 595. The van der Waals surface area contributed by atoms with Crippen LogP contribution in [-0.2, 0) is 0 Å². The molecule has 5 heteroatoms. The first kappa shape index (κ1) is 14.8. The first-order chi connectivity index (χ1) is 9.55. The largest absolute Gasteiger partial charge is 0.497 e. The zero-order chi connectivity index (χ0) is 14.7. The van der Waals surface area contributed by atoms with Gasteiger partial charge in [0, 0.05) is 17.7 Å². The molecule has 0 heterocycles. The number of halogens is 3. The molecule has 0 N–H and O–H groups in total. The maximum atomic E-state index is 13.8. The van der Waals surface area contributed by atoms with Gasteiger partial charge in [0.15, 0.2) is 0 Å². The Labute approximate surface area is 124 Å². The number of rotatable bonds is 4. The fourth-order valence-electron chi connectivity index (χ4n) is 1.86. The molecule has 0 bridgehead atoms. The SMILES string of the molecule is COc1cc(OC)cc(C(Br)c2ccc(F)cc2F)c1. The molecular formula is C15H13BrF2O2. The third-order valence-corrected chi connectivity index (χ3v) is 3.92. The molecule has 2 nitrogen and oxygen atoms in total. The molecule has 0 radical (unpaired) electrons. The summed E-state index contributed by atoms with van der Waals surface area (Å²) in [5.74, 6) is 0.000439. The molecule has 0 fully saturated rings. The predicted molar refractivity (Wildman–Crippen MR) is 76.7 cm³/mol. The van der Waals surface area contributed by atoms with E-state index >= 15 is 0 Å². The van der Waals surface area contributed by atoms with Gasteiger partial charge < -0.3 is 9.47 Å². The fraction of sp³-hybridized carbons (Fsp3) is 0.200. The molecule has 0 saturated carbocycles. The summed E-state index contributed by atoms with van der Waals surface area (Å²) in [6, 6.07) is 8.76. The maximum absolute atomic E-state index is 13.8. The van der Waals surface area contributed by atoms with Crippen LogP contribution in [0.4, 0.5) is 8.78 Å². The number of hydrogen-bond acceptors (Lipinski definition) is 2. The monoisotopic (exact) mass is 342 g/mol. The molecule has 20 heavy (non-hydrogen) atoms. The van der Waals surface area contributed by atoms with Crippen LogP contribution >= 0.6 is 15.9 Å². The summed E-state index contributed by atoms with van der Waals surface area (Å²) in [7, 11) is 3.08. The molecule has 1 atom stereocenters. The van der Waals surface area contributed by atoms with Gasteiger partial charge >= 0.3 is 0 Å². The summed E-state index contributed by atoms with van der Waals surface area (Å²) in [5, 5.41) is 0. The quantitative estimate of drug-likeness (QED) is 0.763. The molecule has 0 aromatic heterocycles. The van der Waals surface area contributed by atoms with Crippen LogP contribution in [0.25, 0.3) is 0 Å². The van der Waals surface area contributed by atoms with Gasteiger partial charge in [-0.25, -0.2) is 8.78 Å². The summed E-state index contributed by atoms with van der Waals surface area (Å²) in [5.41, 5.74) is 1.11. The third kappa shape index (κ3) is 3.10. The standard InChI is InChI=1S/C15H13BrF2O2/c1-19-11-5-9(6-12(8-11)20-2)15(16)13-4-3-10(17)7-14(13)18/h3-8,15H,1-2H3. The molecule has 1 unspecified atom stereocenters. The second kappa shape index (κ2) is 6.22. The van der Waals surface area contributed by atoms with E-state index in [0.29, 0.717) is 17.1 Å². The summed E-state index contributed by atoms with van der Waals surface area (Å²) in [6.45, 7) is 0. The van der Waals surface area contributed by atoms with E-state index in [-0.39, 0.29) is 0 Å². The predicted octanol–water partition coefficient (Wildman–Crippen LogP) is 4.47. The number of methoxy groups -OCH3 is 2. The number of hydrogen-bond donors (Lipinski definition) is 0. The van der Waals surface area contributed by atoms with Gasteiger partial charge in [0.2, 0.25) is 0 Å². The van der Waals surface area contributed by atoms with Crippen LogP contribution < -0.4 is 9.47 Å². The minimum absolute atomic E-state index is 0.349. The molecular weight excluding hydrogens is 330 g/mol. The highest BCUT2D eigenvalue weighted by Crippen LogP contribution is 2.36. The van der Waals surface area contributed by atoms with Crippen molar-refractivity contribution in [1.82, 2.24) is 0 Å². The summed E-state index contributed by atoms with van der Waals surface area (Å²) < 4.78 is 37.1. The highest BCUT2D eigenvalue weighted by Gasteiger charge is 2.17. The first-order valence-electron chi connectivity index (χ1n) is 5.87. The molecule has 2 aromatic rings. The Hall–Kier alpha value is -1.62. The zero-order valence-corrected chi connectivity index (χ0v) is 12.6. The number of alkyl halides is 1. The lowest BCUT2D eigenvalue weighted by atomic mass is 10.0. The Morgan fingerprint density at radius 2 is 1.55 bits per heavy atom. The Kier molecular flexibility index (Phi) is 4.60. The van der Waals surface area contributed by atoms with Crippen molar-refractivity contribution in [2.45, 2.75) is 4.83 Å². The molecule has 0 saturated heterocycles. The van der Waals surface area contributed by atoms with Crippen molar-refractivity contribution in [2.24, 2.45) is 0 Å². The van der Waals surface area contributed by atoms with Gasteiger partial charge in [-0.3, -0.25) is 0 Å². The fourth-order valence-corrected chi connectivity index (χ4v) is 2.50. The van der Waals surface area contributed by atoms with Crippen molar-refractivity contribution in [1.29, 1.82) is 0 Å². The summed E-state index contributed by atoms with van der Waals surface area (Å²) in [4.78, 5) is -0.424. The van der Waals surface area contributed by atoms with Crippen LogP contribution in [0, 0.1) is 11.6 Å². The first-order valence-corrected chi connectivity index (χ1v) is 6.78. The third-order valence-electron chi connectivity index (χ3n) is 2.90. The molecule has 0 amide bonds. The minimum atomic E-state index is -0.603. The summed E-state index contributed by atoms with van der Waals surface area (Å²) >= 11 is 3.42. The number of ether oxygens (including phenoxy) is 2. The average Bonchev–Trinajstić information content (AvgIpc) is 2.46. The van der Waals surface area contributed by atoms with Crippen LogP contribution in [0.1, 0.15) is 16.0 Å².